The molecule has 0 saturated heterocycles. The van der Waals surface area contributed by atoms with E-state index in [9.17, 15) is 4.79 Å². The first-order valence-corrected chi connectivity index (χ1v) is 7.71. The molecule has 2 N–H and O–H groups in total. The molecule has 0 aliphatic rings. The third kappa shape index (κ3) is 4.64. The summed E-state index contributed by atoms with van der Waals surface area (Å²) in [6.07, 6.45) is 0.750. The van der Waals surface area contributed by atoms with E-state index in [1.807, 2.05) is 42.5 Å². The topological polar surface area (TPSA) is 55.6 Å². The van der Waals surface area contributed by atoms with Gasteiger partial charge in [-0.05, 0) is 29.7 Å². The third-order valence-corrected chi connectivity index (χ3v) is 3.43. The number of rotatable bonds is 3. The standard InChI is InChI=1S/C16H12ClNO.C3H7NO/c17-14-10-12(18)8-9-16(14)19-15-7-3-5-11-4-1-2-6-13(11)15;1-4(2)3-5/h1-10H,18H2;3H,1-2H3. The van der Waals surface area contributed by atoms with Gasteiger partial charge >= 0.3 is 0 Å². The Morgan fingerprint density at radius 2 is 1.67 bits per heavy atom. The molecule has 0 aliphatic heterocycles. The van der Waals surface area contributed by atoms with Gasteiger partial charge in [0.25, 0.3) is 0 Å². The van der Waals surface area contributed by atoms with E-state index in [1.54, 1.807) is 32.3 Å². The summed E-state index contributed by atoms with van der Waals surface area (Å²) in [4.78, 5) is 10.9. The molecule has 0 unspecified atom stereocenters. The highest BCUT2D eigenvalue weighted by molar-refractivity contribution is 6.32. The number of hydrogen-bond acceptors (Lipinski definition) is 3. The maximum Gasteiger partial charge on any atom is 0.209 e. The minimum Gasteiger partial charge on any atom is -0.455 e. The summed E-state index contributed by atoms with van der Waals surface area (Å²) in [5.41, 5.74) is 6.29. The van der Waals surface area contributed by atoms with Crippen molar-refractivity contribution >= 4 is 34.5 Å². The lowest BCUT2D eigenvalue weighted by Crippen LogP contribution is -2.06. The number of nitrogen functional groups attached to an aromatic ring is 1. The maximum atomic E-state index is 9.43. The highest BCUT2D eigenvalue weighted by Crippen LogP contribution is 2.34. The summed E-state index contributed by atoms with van der Waals surface area (Å²) in [6, 6.07) is 19.2. The van der Waals surface area contributed by atoms with Crippen LogP contribution >= 0.6 is 11.6 Å². The molecule has 0 heterocycles. The lowest BCUT2D eigenvalue weighted by Gasteiger charge is -2.10. The van der Waals surface area contributed by atoms with E-state index < -0.39 is 0 Å². The van der Waals surface area contributed by atoms with Gasteiger partial charge in [0.15, 0.2) is 0 Å². The number of nitrogens with zero attached hydrogens (tertiary/aromatic N) is 1. The molecule has 24 heavy (non-hydrogen) atoms. The van der Waals surface area contributed by atoms with E-state index in [-0.39, 0.29) is 0 Å². The van der Waals surface area contributed by atoms with Crippen LogP contribution in [0, 0.1) is 0 Å². The van der Waals surface area contributed by atoms with Crippen LogP contribution in [0.4, 0.5) is 5.69 Å². The fourth-order valence-corrected chi connectivity index (χ4v) is 2.23. The monoisotopic (exact) mass is 342 g/mol. The number of ether oxygens (including phenoxy) is 1. The van der Waals surface area contributed by atoms with Crippen molar-refractivity contribution in [1.82, 2.24) is 4.90 Å². The van der Waals surface area contributed by atoms with Crippen LogP contribution in [-0.4, -0.2) is 25.4 Å². The average Bonchev–Trinajstić information content (AvgIpc) is 2.58. The maximum absolute atomic E-state index is 9.43. The first kappa shape index (κ1) is 17.6. The number of carbonyl (C=O) groups is 1. The van der Waals surface area contributed by atoms with Crippen molar-refractivity contribution in [2.24, 2.45) is 0 Å². The van der Waals surface area contributed by atoms with E-state index >= 15 is 0 Å². The van der Waals surface area contributed by atoms with Crippen LogP contribution in [0.3, 0.4) is 0 Å². The Morgan fingerprint density at radius 3 is 2.33 bits per heavy atom. The summed E-state index contributed by atoms with van der Waals surface area (Å²) in [5.74, 6) is 1.39. The number of nitrogens with two attached hydrogens (primary N) is 1. The Labute approximate surface area is 146 Å². The van der Waals surface area contributed by atoms with E-state index in [1.165, 1.54) is 4.90 Å². The van der Waals surface area contributed by atoms with E-state index in [4.69, 9.17) is 22.1 Å². The van der Waals surface area contributed by atoms with Crippen LogP contribution in [0.5, 0.6) is 11.5 Å². The van der Waals surface area contributed by atoms with Crippen molar-refractivity contribution in [1.29, 1.82) is 0 Å². The largest absolute Gasteiger partial charge is 0.455 e. The quantitative estimate of drug-likeness (QED) is 0.560. The molecule has 0 spiro atoms. The zero-order chi connectivity index (χ0) is 17.5. The van der Waals surface area contributed by atoms with Crippen molar-refractivity contribution in [3.63, 3.8) is 0 Å². The number of benzene rings is 3. The second-order valence-electron chi connectivity index (χ2n) is 5.34. The van der Waals surface area contributed by atoms with Gasteiger partial charge < -0.3 is 15.4 Å². The summed E-state index contributed by atoms with van der Waals surface area (Å²) >= 11 is 6.13. The summed E-state index contributed by atoms with van der Waals surface area (Å²) in [6.45, 7) is 0. The van der Waals surface area contributed by atoms with Crippen LogP contribution in [0.15, 0.2) is 60.7 Å². The Morgan fingerprint density at radius 1 is 1.00 bits per heavy atom. The van der Waals surface area contributed by atoms with Gasteiger partial charge in [0, 0.05) is 25.2 Å². The Hall–Kier alpha value is -2.72. The third-order valence-electron chi connectivity index (χ3n) is 3.14. The van der Waals surface area contributed by atoms with Gasteiger partial charge in [0.2, 0.25) is 6.41 Å². The van der Waals surface area contributed by atoms with E-state index in [0.717, 1.165) is 22.9 Å². The number of hydrogen-bond donors (Lipinski definition) is 1. The zero-order valence-corrected chi connectivity index (χ0v) is 14.3. The zero-order valence-electron chi connectivity index (χ0n) is 13.6. The molecule has 3 aromatic carbocycles. The van der Waals surface area contributed by atoms with Crippen molar-refractivity contribution in [3.8, 4) is 11.5 Å². The van der Waals surface area contributed by atoms with Gasteiger partial charge in [-0.15, -0.1) is 0 Å². The van der Waals surface area contributed by atoms with Crippen molar-refractivity contribution in [3.05, 3.63) is 65.7 Å². The smallest absolute Gasteiger partial charge is 0.209 e. The number of halogens is 1. The first-order chi connectivity index (χ1) is 11.5. The van der Waals surface area contributed by atoms with Crippen molar-refractivity contribution in [2.45, 2.75) is 0 Å². The van der Waals surface area contributed by atoms with Crippen LogP contribution < -0.4 is 10.5 Å². The Balaban J connectivity index is 0.000000368. The van der Waals surface area contributed by atoms with E-state index in [0.29, 0.717) is 16.5 Å². The highest BCUT2D eigenvalue weighted by atomic mass is 35.5. The summed E-state index contributed by atoms with van der Waals surface area (Å²) in [7, 11) is 3.38. The number of amides is 1. The van der Waals surface area contributed by atoms with Crippen molar-refractivity contribution in [2.75, 3.05) is 19.8 Å². The molecular weight excluding hydrogens is 324 g/mol. The molecule has 5 heteroatoms. The van der Waals surface area contributed by atoms with Gasteiger partial charge in [0.1, 0.15) is 11.5 Å². The number of fused-ring (bicyclic) bond motifs is 1. The minimum absolute atomic E-state index is 0.507. The van der Waals surface area contributed by atoms with Crippen LogP contribution in [0.25, 0.3) is 10.8 Å². The van der Waals surface area contributed by atoms with Gasteiger partial charge in [-0.25, -0.2) is 0 Å². The summed E-state index contributed by atoms with van der Waals surface area (Å²) in [5, 5.41) is 2.69. The fourth-order valence-electron chi connectivity index (χ4n) is 2.00. The molecular formula is C19H19ClN2O2. The Bertz CT molecular complexity index is 829. The van der Waals surface area contributed by atoms with Crippen LogP contribution in [0.2, 0.25) is 5.02 Å². The lowest BCUT2D eigenvalue weighted by atomic mass is 10.1. The summed E-state index contributed by atoms with van der Waals surface area (Å²) < 4.78 is 5.89. The average molecular weight is 343 g/mol. The second kappa shape index (κ2) is 8.22. The van der Waals surface area contributed by atoms with E-state index in [2.05, 4.69) is 0 Å². The van der Waals surface area contributed by atoms with Crippen LogP contribution in [0.1, 0.15) is 0 Å². The van der Waals surface area contributed by atoms with Gasteiger partial charge in [-0.1, -0.05) is 48.0 Å². The van der Waals surface area contributed by atoms with Gasteiger partial charge in [0.05, 0.1) is 5.02 Å². The molecule has 0 aliphatic carbocycles. The normalized spacial score (nSPS) is 9.79. The lowest BCUT2D eigenvalue weighted by molar-refractivity contribution is -0.115. The molecule has 3 aromatic rings. The SMILES string of the molecule is CN(C)C=O.Nc1ccc(Oc2cccc3ccccc23)c(Cl)c1. The predicted molar refractivity (Wildman–Crippen MR) is 99.6 cm³/mol. The molecule has 124 valence electrons. The molecule has 3 rings (SSSR count). The number of anilines is 1. The minimum atomic E-state index is 0.507. The van der Waals surface area contributed by atoms with Gasteiger partial charge in [-0.3, -0.25) is 4.79 Å². The molecule has 0 atom stereocenters. The predicted octanol–water partition coefficient (Wildman–Crippen LogP) is 4.57. The molecule has 0 radical (unpaired) electrons. The molecule has 1 amide bonds. The van der Waals surface area contributed by atoms with Crippen LogP contribution in [-0.2, 0) is 4.79 Å². The number of carbonyl (C=O) groups excluding carboxylic acids is 1. The molecule has 4 nitrogen and oxygen atoms in total. The van der Waals surface area contributed by atoms with Crippen molar-refractivity contribution < 1.29 is 9.53 Å². The first-order valence-electron chi connectivity index (χ1n) is 7.33. The Kier molecular flexibility index (Phi) is 6.04. The molecule has 0 aromatic heterocycles. The highest BCUT2D eigenvalue weighted by Gasteiger charge is 2.06. The molecule has 0 fully saturated rings. The second-order valence-corrected chi connectivity index (χ2v) is 5.75. The fraction of sp³-hybridized carbons (Fsp3) is 0.105. The molecule has 0 saturated carbocycles. The van der Waals surface area contributed by atoms with Gasteiger partial charge in [-0.2, -0.15) is 0 Å². The molecule has 0 bridgehead atoms.